The number of hydrogen-bond donors (Lipinski definition) is 1. The highest BCUT2D eigenvalue weighted by atomic mass is 16.7. The van der Waals surface area contributed by atoms with Crippen molar-refractivity contribution < 1.29 is 47.6 Å². The number of hydrogen-bond acceptors (Lipinski definition) is 11. The minimum atomic E-state index is -1.06. The normalized spacial score (nSPS) is 13.1. The molecule has 3 atom stereocenters. The van der Waals surface area contributed by atoms with Crippen LogP contribution in [-0.2, 0) is 35.0 Å². The second kappa shape index (κ2) is 15.5. The van der Waals surface area contributed by atoms with Gasteiger partial charge in [-0.25, -0.2) is 9.59 Å². The Hall–Kier alpha value is -3.34. The van der Waals surface area contributed by atoms with Crippen LogP contribution in [0.2, 0.25) is 0 Å². The standard InChI is InChI=1S/C24H35NO10/c1-6-9-10-21(26)32-15(4)16(5)33-22(27)18(25)13-17-11-12-19(34-23(28)30-7-2)20(14-17)35-24(29)31-8-3/h11-12,14-16,18H,6-10,13,25H2,1-5H3/t15-,16-,18-/m0/s1. The first-order chi connectivity index (χ1) is 16.6. The molecule has 1 rings (SSSR count). The molecule has 1 aromatic carbocycles. The molecule has 0 radical (unpaired) electrons. The molecule has 196 valence electrons. The van der Waals surface area contributed by atoms with Crippen LogP contribution in [0.25, 0.3) is 0 Å². The average Bonchev–Trinajstić information content (AvgIpc) is 2.79. The van der Waals surface area contributed by atoms with Crippen molar-refractivity contribution in [1.29, 1.82) is 0 Å². The molecule has 35 heavy (non-hydrogen) atoms. The van der Waals surface area contributed by atoms with E-state index in [0.29, 0.717) is 12.0 Å². The van der Waals surface area contributed by atoms with E-state index in [2.05, 4.69) is 0 Å². The van der Waals surface area contributed by atoms with Gasteiger partial charge in [-0.3, -0.25) is 9.59 Å². The Balaban J connectivity index is 2.83. The molecule has 0 aliphatic heterocycles. The summed E-state index contributed by atoms with van der Waals surface area (Å²) in [6.45, 7) is 8.59. The van der Waals surface area contributed by atoms with Crippen molar-refractivity contribution >= 4 is 24.2 Å². The Morgan fingerprint density at radius 2 is 1.43 bits per heavy atom. The fraction of sp³-hybridized carbons (Fsp3) is 0.583. The van der Waals surface area contributed by atoms with Gasteiger partial charge < -0.3 is 34.2 Å². The van der Waals surface area contributed by atoms with Gasteiger partial charge in [-0.2, -0.15) is 0 Å². The van der Waals surface area contributed by atoms with Gasteiger partial charge in [0, 0.05) is 6.42 Å². The summed E-state index contributed by atoms with van der Waals surface area (Å²) in [6, 6.07) is 3.24. The third-order valence-corrected chi connectivity index (χ3v) is 4.69. The van der Waals surface area contributed by atoms with E-state index in [0.717, 1.165) is 12.8 Å². The Morgan fingerprint density at radius 3 is 2.00 bits per heavy atom. The second-order valence-electron chi connectivity index (χ2n) is 7.60. The van der Waals surface area contributed by atoms with Crippen molar-refractivity contribution in [3.05, 3.63) is 23.8 Å². The van der Waals surface area contributed by atoms with Crippen LogP contribution in [0.4, 0.5) is 9.59 Å². The van der Waals surface area contributed by atoms with Gasteiger partial charge in [0.1, 0.15) is 18.2 Å². The Bertz CT molecular complexity index is 857. The van der Waals surface area contributed by atoms with E-state index in [4.69, 9.17) is 34.2 Å². The summed E-state index contributed by atoms with van der Waals surface area (Å²) in [7, 11) is 0. The lowest BCUT2D eigenvalue weighted by Gasteiger charge is -2.22. The molecule has 2 N–H and O–H groups in total. The first kappa shape index (κ1) is 29.7. The predicted octanol–water partition coefficient (Wildman–Crippen LogP) is 3.68. The van der Waals surface area contributed by atoms with E-state index in [1.807, 2.05) is 6.92 Å². The fourth-order valence-electron chi connectivity index (χ4n) is 2.70. The third-order valence-electron chi connectivity index (χ3n) is 4.69. The van der Waals surface area contributed by atoms with Gasteiger partial charge in [-0.05, 0) is 58.2 Å². The smallest absolute Gasteiger partial charge is 0.459 e. The van der Waals surface area contributed by atoms with Gasteiger partial charge in [0.05, 0.1) is 13.2 Å². The Morgan fingerprint density at radius 1 is 0.857 bits per heavy atom. The minimum absolute atomic E-state index is 0.0229. The van der Waals surface area contributed by atoms with Crippen LogP contribution in [0.3, 0.4) is 0 Å². The highest BCUT2D eigenvalue weighted by Crippen LogP contribution is 2.30. The number of rotatable bonds is 13. The molecule has 11 nitrogen and oxygen atoms in total. The molecule has 0 saturated carbocycles. The van der Waals surface area contributed by atoms with Crippen LogP contribution in [0.15, 0.2) is 18.2 Å². The van der Waals surface area contributed by atoms with Crippen LogP contribution in [0.5, 0.6) is 11.5 Å². The SMILES string of the molecule is CCCCC(=O)O[C@@H](C)[C@H](C)OC(=O)[C@@H](N)Cc1ccc(OC(=O)OCC)c(OC(=O)OCC)c1. The topological polar surface area (TPSA) is 150 Å². The van der Waals surface area contributed by atoms with Crippen molar-refractivity contribution in [1.82, 2.24) is 0 Å². The van der Waals surface area contributed by atoms with E-state index in [-0.39, 0.29) is 37.1 Å². The molecule has 0 aromatic heterocycles. The number of unbranched alkanes of at least 4 members (excludes halogenated alkanes) is 1. The molecule has 0 spiro atoms. The van der Waals surface area contributed by atoms with E-state index < -0.39 is 36.5 Å². The number of carbonyl (C=O) groups excluding carboxylic acids is 4. The summed E-state index contributed by atoms with van der Waals surface area (Å²) in [5.74, 6) is -1.25. The molecule has 1 aromatic rings. The van der Waals surface area contributed by atoms with Crippen molar-refractivity contribution in [2.75, 3.05) is 13.2 Å². The lowest BCUT2D eigenvalue weighted by molar-refractivity contribution is -0.166. The quantitative estimate of drug-likeness (QED) is 0.241. The van der Waals surface area contributed by atoms with Gasteiger partial charge >= 0.3 is 24.2 Å². The Labute approximate surface area is 205 Å². The number of nitrogens with two attached hydrogens (primary N) is 1. The largest absolute Gasteiger partial charge is 0.513 e. The van der Waals surface area contributed by atoms with Crippen molar-refractivity contribution in [2.45, 2.75) is 78.6 Å². The maximum atomic E-state index is 12.5. The first-order valence-corrected chi connectivity index (χ1v) is 11.6. The van der Waals surface area contributed by atoms with Crippen LogP contribution in [0.1, 0.15) is 59.4 Å². The zero-order valence-electron chi connectivity index (χ0n) is 20.9. The van der Waals surface area contributed by atoms with Crippen LogP contribution >= 0.6 is 0 Å². The zero-order chi connectivity index (χ0) is 26.4. The van der Waals surface area contributed by atoms with Crippen LogP contribution in [-0.4, -0.2) is 55.7 Å². The molecule has 0 saturated heterocycles. The molecule has 0 aliphatic rings. The summed E-state index contributed by atoms with van der Waals surface area (Å²) in [5, 5.41) is 0. The predicted molar refractivity (Wildman–Crippen MR) is 124 cm³/mol. The maximum Gasteiger partial charge on any atom is 0.513 e. The lowest BCUT2D eigenvalue weighted by Crippen LogP contribution is -2.39. The summed E-state index contributed by atoms with van der Waals surface area (Å²) < 4.78 is 30.3. The molecular weight excluding hydrogens is 462 g/mol. The third kappa shape index (κ3) is 11.1. The van der Waals surface area contributed by atoms with Gasteiger partial charge in [0.15, 0.2) is 11.5 Å². The maximum absolute atomic E-state index is 12.5. The molecular formula is C24H35NO10. The average molecular weight is 498 g/mol. The fourth-order valence-corrected chi connectivity index (χ4v) is 2.70. The highest BCUT2D eigenvalue weighted by molar-refractivity contribution is 5.76. The molecule has 0 aliphatic carbocycles. The minimum Gasteiger partial charge on any atom is -0.459 e. The number of benzene rings is 1. The number of carbonyl (C=O) groups is 4. The van der Waals surface area contributed by atoms with Crippen molar-refractivity contribution in [3.8, 4) is 11.5 Å². The monoisotopic (exact) mass is 497 g/mol. The van der Waals surface area contributed by atoms with Crippen molar-refractivity contribution in [2.24, 2.45) is 5.73 Å². The highest BCUT2D eigenvalue weighted by Gasteiger charge is 2.25. The van der Waals surface area contributed by atoms with Gasteiger partial charge in [0.2, 0.25) is 0 Å². The molecule has 0 unspecified atom stereocenters. The second-order valence-corrected chi connectivity index (χ2v) is 7.60. The zero-order valence-corrected chi connectivity index (χ0v) is 20.9. The van der Waals surface area contributed by atoms with Crippen LogP contribution in [0, 0.1) is 0 Å². The van der Waals surface area contributed by atoms with Crippen molar-refractivity contribution in [3.63, 3.8) is 0 Å². The summed E-state index contributed by atoms with van der Waals surface area (Å²) >= 11 is 0. The number of ether oxygens (including phenoxy) is 6. The first-order valence-electron chi connectivity index (χ1n) is 11.6. The van der Waals surface area contributed by atoms with E-state index in [9.17, 15) is 19.2 Å². The summed E-state index contributed by atoms with van der Waals surface area (Å²) in [5.41, 5.74) is 6.50. The summed E-state index contributed by atoms with van der Waals surface area (Å²) in [4.78, 5) is 47.7. The Kier molecular flexibility index (Phi) is 13.2. The molecule has 0 bridgehead atoms. The van der Waals surface area contributed by atoms with E-state index in [1.54, 1.807) is 33.8 Å². The molecule has 0 fully saturated rings. The van der Waals surface area contributed by atoms with E-state index >= 15 is 0 Å². The molecule has 0 heterocycles. The van der Waals surface area contributed by atoms with Gasteiger partial charge in [-0.15, -0.1) is 0 Å². The lowest BCUT2D eigenvalue weighted by atomic mass is 10.1. The molecule has 0 amide bonds. The van der Waals surface area contributed by atoms with Crippen LogP contribution < -0.4 is 15.2 Å². The van der Waals surface area contributed by atoms with Gasteiger partial charge in [0.25, 0.3) is 0 Å². The molecule has 11 heteroatoms. The van der Waals surface area contributed by atoms with E-state index in [1.165, 1.54) is 12.1 Å². The number of esters is 2. The van der Waals surface area contributed by atoms with Gasteiger partial charge in [-0.1, -0.05) is 19.4 Å². The summed E-state index contributed by atoms with van der Waals surface area (Å²) in [6.07, 6.45) is -1.42.